The van der Waals surface area contributed by atoms with Gasteiger partial charge in [0, 0.05) is 5.02 Å². The van der Waals surface area contributed by atoms with E-state index in [1.807, 2.05) is 6.92 Å². The van der Waals surface area contributed by atoms with Gasteiger partial charge in [0.25, 0.3) is 10.0 Å². The summed E-state index contributed by atoms with van der Waals surface area (Å²) in [4.78, 5) is 12.2. The zero-order valence-electron chi connectivity index (χ0n) is 14.6. The lowest BCUT2D eigenvalue weighted by Gasteiger charge is -2.25. The molecule has 0 saturated heterocycles. The number of halogens is 2. The van der Waals surface area contributed by atoms with E-state index in [2.05, 4.69) is 0 Å². The highest BCUT2D eigenvalue weighted by Crippen LogP contribution is 2.32. The summed E-state index contributed by atoms with van der Waals surface area (Å²) in [6.07, 6.45) is -0.368. The average molecular weight is 416 g/mol. The number of carbonyl (C=O) groups excluding carboxylic acids is 1. The molecule has 0 aliphatic heterocycles. The van der Waals surface area contributed by atoms with Gasteiger partial charge in [-0.3, -0.25) is 9.10 Å². The first-order valence-corrected chi connectivity index (χ1v) is 10.0. The van der Waals surface area contributed by atoms with E-state index >= 15 is 0 Å². The van der Waals surface area contributed by atoms with E-state index in [9.17, 15) is 13.2 Å². The lowest BCUT2D eigenvalue weighted by atomic mass is 10.2. The summed E-state index contributed by atoms with van der Waals surface area (Å²) in [5.41, 5.74) is 1.07. The minimum absolute atomic E-state index is 0.0477. The molecule has 2 rings (SSSR count). The van der Waals surface area contributed by atoms with E-state index in [0.717, 1.165) is 9.87 Å². The van der Waals surface area contributed by atoms with Crippen LogP contribution in [0, 0.1) is 6.92 Å². The minimum Gasteiger partial charge on any atom is -0.462 e. The van der Waals surface area contributed by atoms with Gasteiger partial charge in [-0.2, -0.15) is 0 Å². The van der Waals surface area contributed by atoms with Crippen LogP contribution in [0.4, 0.5) is 5.69 Å². The topological polar surface area (TPSA) is 63.7 Å². The van der Waals surface area contributed by atoms with Crippen LogP contribution < -0.4 is 4.31 Å². The molecule has 0 aliphatic carbocycles. The van der Waals surface area contributed by atoms with Crippen molar-refractivity contribution in [2.45, 2.75) is 31.8 Å². The third kappa shape index (κ3) is 4.90. The Balaban J connectivity index is 2.52. The second-order valence-electron chi connectivity index (χ2n) is 5.96. The van der Waals surface area contributed by atoms with Crippen molar-refractivity contribution in [2.75, 3.05) is 10.8 Å². The number of anilines is 1. The van der Waals surface area contributed by atoms with Crippen molar-refractivity contribution in [3.63, 3.8) is 0 Å². The van der Waals surface area contributed by atoms with Gasteiger partial charge >= 0.3 is 5.97 Å². The molecular weight excluding hydrogens is 397 g/mol. The van der Waals surface area contributed by atoms with E-state index in [-0.39, 0.29) is 21.7 Å². The van der Waals surface area contributed by atoms with Crippen molar-refractivity contribution in [2.24, 2.45) is 0 Å². The maximum atomic E-state index is 13.1. The fraction of sp³-hybridized carbons (Fsp3) is 0.278. The van der Waals surface area contributed by atoms with Gasteiger partial charge in [-0.25, -0.2) is 8.42 Å². The Labute approximate surface area is 163 Å². The van der Waals surface area contributed by atoms with Crippen LogP contribution >= 0.6 is 23.2 Å². The molecule has 0 aromatic heterocycles. The highest BCUT2D eigenvalue weighted by molar-refractivity contribution is 7.92. The molecular formula is C18H19Cl2NO4S. The van der Waals surface area contributed by atoms with Gasteiger partial charge in [-0.05, 0) is 51.1 Å². The first-order valence-electron chi connectivity index (χ1n) is 7.85. The van der Waals surface area contributed by atoms with Crippen LogP contribution in [0.2, 0.25) is 10.0 Å². The summed E-state index contributed by atoms with van der Waals surface area (Å²) in [6.45, 7) is 4.72. The maximum absolute atomic E-state index is 13.1. The van der Waals surface area contributed by atoms with Crippen molar-refractivity contribution < 1.29 is 17.9 Å². The Morgan fingerprint density at radius 2 is 1.73 bits per heavy atom. The third-order valence-electron chi connectivity index (χ3n) is 3.43. The molecule has 2 aromatic carbocycles. The zero-order valence-corrected chi connectivity index (χ0v) is 16.9. The Morgan fingerprint density at radius 3 is 2.27 bits per heavy atom. The number of sulfonamides is 1. The normalized spacial score (nSPS) is 11.5. The predicted molar refractivity (Wildman–Crippen MR) is 103 cm³/mol. The molecule has 140 valence electrons. The second kappa shape index (κ2) is 8.29. The fourth-order valence-electron chi connectivity index (χ4n) is 2.24. The number of aryl methyl sites for hydroxylation is 1. The highest BCUT2D eigenvalue weighted by atomic mass is 35.5. The molecule has 26 heavy (non-hydrogen) atoms. The summed E-state index contributed by atoms with van der Waals surface area (Å²) in [5.74, 6) is -0.679. The van der Waals surface area contributed by atoms with Crippen LogP contribution in [0.25, 0.3) is 0 Å². The van der Waals surface area contributed by atoms with Gasteiger partial charge < -0.3 is 4.74 Å². The van der Waals surface area contributed by atoms with Gasteiger partial charge in [-0.15, -0.1) is 0 Å². The zero-order chi connectivity index (χ0) is 19.5. The second-order valence-corrected chi connectivity index (χ2v) is 8.67. The molecule has 0 heterocycles. The summed E-state index contributed by atoms with van der Waals surface area (Å²) in [7, 11) is -4.03. The molecule has 8 heteroatoms. The summed E-state index contributed by atoms with van der Waals surface area (Å²) in [5, 5.41) is 0.474. The SMILES string of the molecule is Cc1ccc(S(=O)(=O)N(CC(=O)OC(C)C)c2ccc(Cl)cc2Cl)cc1. The average Bonchev–Trinajstić information content (AvgIpc) is 2.53. The van der Waals surface area contributed by atoms with Crippen molar-refractivity contribution >= 4 is 44.9 Å². The Kier molecular flexibility index (Phi) is 6.55. The summed E-state index contributed by atoms with van der Waals surface area (Å²) < 4.78 is 32.3. The van der Waals surface area contributed by atoms with Crippen molar-refractivity contribution in [1.82, 2.24) is 0 Å². The molecule has 0 saturated carbocycles. The van der Waals surface area contributed by atoms with Gasteiger partial charge in [0.1, 0.15) is 6.54 Å². The molecule has 0 amide bonds. The van der Waals surface area contributed by atoms with Crippen LogP contribution in [0.1, 0.15) is 19.4 Å². The summed E-state index contributed by atoms with van der Waals surface area (Å²) in [6, 6.07) is 10.7. The van der Waals surface area contributed by atoms with Crippen molar-refractivity contribution in [3.8, 4) is 0 Å². The number of ether oxygens (including phenoxy) is 1. The van der Waals surface area contributed by atoms with Crippen LogP contribution in [0.15, 0.2) is 47.4 Å². The molecule has 0 atom stereocenters. The van der Waals surface area contributed by atoms with Gasteiger partial charge in [0.05, 0.1) is 21.7 Å². The fourth-order valence-corrected chi connectivity index (χ4v) is 4.23. The molecule has 0 fully saturated rings. The molecule has 0 spiro atoms. The van der Waals surface area contributed by atoms with Crippen LogP contribution in [0.5, 0.6) is 0 Å². The molecule has 2 aromatic rings. The standard InChI is InChI=1S/C18H19Cl2NO4S/c1-12(2)25-18(22)11-21(17-9-6-14(19)10-16(17)20)26(23,24)15-7-4-13(3)5-8-15/h4-10,12H,11H2,1-3H3. The first-order chi connectivity index (χ1) is 12.1. The molecule has 0 radical (unpaired) electrons. The van der Waals surface area contributed by atoms with Crippen LogP contribution in [-0.2, 0) is 19.6 Å². The molecule has 0 bridgehead atoms. The quantitative estimate of drug-likeness (QED) is 0.653. The number of esters is 1. The maximum Gasteiger partial charge on any atom is 0.327 e. The highest BCUT2D eigenvalue weighted by Gasteiger charge is 2.29. The van der Waals surface area contributed by atoms with E-state index in [0.29, 0.717) is 5.02 Å². The number of nitrogens with zero attached hydrogens (tertiary/aromatic N) is 1. The largest absolute Gasteiger partial charge is 0.462 e. The van der Waals surface area contributed by atoms with Crippen LogP contribution in [-0.4, -0.2) is 27.0 Å². The Bertz CT molecular complexity index is 896. The minimum atomic E-state index is -4.03. The molecule has 5 nitrogen and oxygen atoms in total. The Hall–Kier alpha value is -1.76. The lowest BCUT2D eigenvalue weighted by Crippen LogP contribution is -2.37. The molecule has 0 unspecified atom stereocenters. The van der Waals surface area contributed by atoms with E-state index in [1.165, 1.54) is 30.3 Å². The number of hydrogen-bond donors (Lipinski definition) is 0. The monoisotopic (exact) mass is 415 g/mol. The number of rotatable bonds is 6. The van der Waals surface area contributed by atoms with Gasteiger partial charge in [-0.1, -0.05) is 40.9 Å². The van der Waals surface area contributed by atoms with Crippen molar-refractivity contribution in [3.05, 3.63) is 58.1 Å². The predicted octanol–water partition coefficient (Wildman–Crippen LogP) is 4.45. The summed E-state index contributed by atoms with van der Waals surface area (Å²) >= 11 is 12.1. The van der Waals surface area contributed by atoms with E-state index < -0.39 is 22.5 Å². The number of carbonyl (C=O) groups is 1. The molecule has 0 N–H and O–H groups in total. The lowest BCUT2D eigenvalue weighted by molar-refractivity contribution is -0.145. The van der Waals surface area contributed by atoms with E-state index in [1.54, 1.807) is 26.0 Å². The Morgan fingerprint density at radius 1 is 1.12 bits per heavy atom. The van der Waals surface area contributed by atoms with E-state index in [4.69, 9.17) is 27.9 Å². The van der Waals surface area contributed by atoms with Crippen LogP contribution in [0.3, 0.4) is 0 Å². The van der Waals surface area contributed by atoms with Crippen molar-refractivity contribution in [1.29, 1.82) is 0 Å². The van der Waals surface area contributed by atoms with Gasteiger partial charge in [0.2, 0.25) is 0 Å². The number of hydrogen-bond acceptors (Lipinski definition) is 4. The van der Waals surface area contributed by atoms with Gasteiger partial charge in [0.15, 0.2) is 0 Å². The number of benzene rings is 2. The smallest absolute Gasteiger partial charge is 0.327 e. The molecule has 0 aliphatic rings. The third-order valence-corrected chi connectivity index (χ3v) is 5.74. The first kappa shape index (κ1) is 20.6.